The Morgan fingerprint density at radius 1 is 1.43 bits per heavy atom. The van der Waals surface area contributed by atoms with E-state index in [2.05, 4.69) is 0 Å². The number of anilines is 1. The molecule has 6 heteroatoms. The Bertz CT molecular complexity index is 555. The van der Waals surface area contributed by atoms with E-state index in [4.69, 9.17) is 10.5 Å². The quantitative estimate of drug-likeness (QED) is 0.594. The zero-order valence-electron chi connectivity index (χ0n) is 11.9. The summed E-state index contributed by atoms with van der Waals surface area (Å²) in [6.45, 7) is 0. The molecule has 0 heterocycles. The summed E-state index contributed by atoms with van der Waals surface area (Å²) in [7, 11) is 1.40. The fourth-order valence-corrected chi connectivity index (χ4v) is 3.69. The molecule has 0 aromatic heterocycles. The van der Waals surface area contributed by atoms with Gasteiger partial charge in [-0.3, -0.25) is 4.79 Å². The first-order valence-corrected chi connectivity index (χ1v) is 7.88. The summed E-state index contributed by atoms with van der Waals surface area (Å²) >= 11 is 1.64. The lowest BCUT2D eigenvalue weighted by Crippen LogP contribution is -2.13. The number of aromatic carboxylic acids is 1. The van der Waals surface area contributed by atoms with E-state index < -0.39 is 5.97 Å². The summed E-state index contributed by atoms with van der Waals surface area (Å²) in [4.78, 5) is 22.6. The van der Waals surface area contributed by atoms with Crippen molar-refractivity contribution in [2.45, 2.75) is 25.0 Å². The standard InChI is InChI=1S/C15H19NO4S/c1-20-12(17)7-15(5-6-15)9-21-8-10-3-2-4-11(16)13(10)14(18)19/h2-4H,5-9,16H2,1H3,(H,18,19). The van der Waals surface area contributed by atoms with E-state index >= 15 is 0 Å². The van der Waals surface area contributed by atoms with Crippen LogP contribution in [0, 0.1) is 5.41 Å². The van der Waals surface area contributed by atoms with Gasteiger partial charge in [-0.1, -0.05) is 12.1 Å². The van der Waals surface area contributed by atoms with E-state index in [1.807, 2.05) is 0 Å². The van der Waals surface area contributed by atoms with Gasteiger partial charge >= 0.3 is 11.9 Å². The van der Waals surface area contributed by atoms with E-state index in [-0.39, 0.29) is 22.6 Å². The zero-order valence-corrected chi connectivity index (χ0v) is 12.7. The van der Waals surface area contributed by atoms with E-state index in [1.54, 1.807) is 30.0 Å². The maximum atomic E-state index is 11.4. The molecule has 1 aliphatic carbocycles. The molecule has 0 amide bonds. The molecule has 0 atom stereocenters. The van der Waals surface area contributed by atoms with Crippen LogP contribution in [0.4, 0.5) is 5.69 Å². The second-order valence-corrected chi connectivity index (χ2v) is 6.42. The summed E-state index contributed by atoms with van der Waals surface area (Å²) in [6.07, 6.45) is 2.49. The first-order valence-electron chi connectivity index (χ1n) is 6.73. The number of nitrogen functional groups attached to an aromatic ring is 1. The van der Waals surface area contributed by atoms with Crippen molar-refractivity contribution in [1.82, 2.24) is 0 Å². The molecule has 1 fully saturated rings. The number of carboxylic acids is 1. The topological polar surface area (TPSA) is 89.6 Å². The Hall–Kier alpha value is -1.69. The molecule has 1 aliphatic rings. The van der Waals surface area contributed by atoms with E-state index in [0.717, 1.165) is 24.2 Å². The van der Waals surface area contributed by atoms with Crippen LogP contribution in [0.1, 0.15) is 35.2 Å². The highest BCUT2D eigenvalue weighted by atomic mass is 32.2. The number of esters is 1. The second kappa shape index (κ2) is 6.39. The Balaban J connectivity index is 1.94. The molecule has 0 aliphatic heterocycles. The minimum atomic E-state index is -1.00. The molecular formula is C15H19NO4S. The van der Waals surface area contributed by atoms with Crippen molar-refractivity contribution in [1.29, 1.82) is 0 Å². The molecule has 0 unspecified atom stereocenters. The maximum absolute atomic E-state index is 11.4. The van der Waals surface area contributed by atoms with Crippen molar-refractivity contribution in [3.05, 3.63) is 29.3 Å². The van der Waals surface area contributed by atoms with Gasteiger partial charge in [0, 0.05) is 11.4 Å². The average molecular weight is 309 g/mol. The lowest BCUT2D eigenvalue weighted by Gasteiger charge is -2.14. The van der Waals surface area contributed by atoms with Gasteiger partial charge in [0.05, 0.1) is 19.1 Å². The lowest BCUT2D eigenvalue weighted by molar-refractivity contribution is -0.141. The van der Waals surface area contributed by atoms with Gasteiger partial charge in [-0.15, -0.1) is 0 Å². The summed E-state index contributed by atoms with van der Waals surface area (Å²) in [5.74, 6) is 0.230. The number of carboxylic acid groups (broad SMARTS) is 1. The number of hydrogen-bond donors (Lipinski definition) is 2. The molecule has 0 radical (unpaired) electrons. The number of methoxy groups -OCH3 is 1. The van der Waals surface area contributed by atoms with Crippen LogP contribution in [-0.4, -0.2) is 29.9 Å². The van der Waals surface area contributed by atoms with Crippen molar-refractivity contribution in [2.75, 3.05) is 18.6 Å². The molecule has 5 nitrogen and oxygen atoms in total. The van der Waals surface area contributed by atoms with Crippen LogP contribution in [0.5, 0.6) is 0 Å². The first-order chi connectivity index (χ1) is 9.97. The number of benzene rings is 1. The maximum Gasteiger partial charge on any atom is 0.338 e. The van der Waals surface area contributed by atoms with Crippen LogP contribution in [0.3, 0.4) is 0 Å². The van der Waals surface area contributed by atoms with Gasteiger partial charge in [-0.05, 0) is 35.6 Å². The molecule has 114 valence electrons. The third kappa shape index (κ3) is 3.91. The van der Waals surface area contributed by atoms with Crippen molar-refractivity contribution in [3.8, 4) is 0 Å². The van der Waals surface area contributed by atoms with Gasteiger partial charge in [-0.25, -0.2) is 4.79 Å². The number of ether oxygens (including phenoxy) is 1. The number of hydrogen-bond acceptors (Lipinski definition) is 5. The molecule has 21 heavy (non-hydrogen) atoms. The smallest absolute Gasteiger partial charge is 0.338 e. The van der Waals surface area contributed by atoms with Gasteiger partial charge in [0.25, 0.3) is 0 Å². The molecule has 3 N–H and O–H groups in total. The third-order valence-corrected chi connectivity index (χ3v) is 5.10. The predicted octanol–water partition coefficient (Wildman–Crippen LogP) is 2.54. The molecule has 2 rings (SSSR count). The van der Waals surface area contributed by atoms with Gasteiger partial charge in [0.2, 0.25) is 0 Å². The average Bonchev–Trinajstić information content (AvgIpc) is 3.18. The summed E-state index contributed by atoms with van der Waals surface area (Å²) in [5, 5.41) is 9.22. The molecule has 0 saturated heterocycles. The fourth-order valence-electron chi connectivity index (χ4n) is 2.31. The predicted molar refractivity (Wildman–Crippen MR) is 82.3 cm³/mol. The zero-order chi connectivity index (χ0) is 15.5. The minimum Gasteiger partial charge on any atom is -0.478 e. The Kier molecular flexibility index (Phi) is 4.77. The second-order valence-electron chi connectivity index (χ2n) is 5.43. The highest BCUT2D eigenvalue weighted by Gasteiger charge is 2.44. The van der Waals surface area contributed by atoms with E-state index in [9.17, 15) is 14.7 Å². The van der Waals surface area contributed by atoms with Gasteiger partial charge < -0.3 is 15.6 Å². The highest BCUT2D eigenvalue weighted by Crippen LogP contribution is 2.51. The van der Waals surface area contributed by atoms with Gasteiger partial charge in [-0.2, -0.15) is 11.8 Å². The summed E-state index contributed by atoms with van der Waals surface area (Å²) in [5.41, 5.74) is 6.96. The molecular weight excluding hydrogens is 290 g/mol. The van der Waals surface area contributed by atoms with Gasteiger partial charge in [0.1, 0.15) is 0 Å². The number of carbonyl (C=O) groups excluding carboxylic acids is 1. The highest BCUT2D eigenvalue weighted by molar-refractivity contribution is 7.98. The normalized spacial score (nSPS) is 15.5. The van der Waals surface area contributed by atoms with Crippen LogP contribution in [0.15, 0.2) is 18.2 Å². The van der Waals surface area contributed by atoms with Crippen LogP contribution < -0.4 is 5.73 Å². The number of nitrogens with two attached hydrogens (primary N) is 1. The summed E-state index contributed by atoms with van der Waals surface area (Å²) in [6, 6.07) is 5.14. The molecule has 0 bridgehead atoms. The molecule has 1 aromatic carbocycles. The monoisotopic (exact) mass is 309 g/mol. The molecule has 0 spiro atoms. The van der Waals surface area contributed by atoms with E-state index in [1.165, 1.54) is 7.11 Å². The van der Waals surface area contributed by atoms with Gasteiger partial charge in [0.15, 0.2) is 0 Å². The number of rotatable bonds is 7. The Labute approximate surface area is 127 Å². The minimum absolute atomic E-state index is 0.0431. The lowest BCUT2D eigenvalue weighted by atomic mass is 10.1. The first kappa shape index (κ1) is 15.7. The van der Waals surface area contributed by atoms with Crippen LogP contribution in [0.25, 0.3) is 0 Å². The van der Waals surface area contributed by atoms with Crippen LogP contribution in [-0.2, 0) is 15.3 Å². The third-order valence-electron chi connectivity index (χ3n) is 3.77. The fraction of sp³-hybridized carbons (Fsp3) is 0.467. The molecule has 1 saturated carbocycles. The van der Waals surface area contributed by atoms with Crippen LogP contribution >= 0.6 is 11.8 Å². The number of thioether (sulfide) groups is 1. The van der Waals surface area contributed by atoms with Crippen molar-refractivity contribution in [3.63, 3.8) is 0 Å². The number of carbonyl (C=O) groups is 2. The largest absolute Gasteiger partial charge is 0.478 e. The molecule has 1 aromatic rings. The van der Waals surface area contributed by atoms with E-state index in [0.29, 0.717) is 12.2 Å². The Morgan fingerprint density at radius 2 is 2.14 bits per heavy atom. The van der Waals surface area contributed by atoms with Crippen molar-refractivity contribution >= 4 is 29.4 Å². The van der Waals surface area contributed by atoms with Crippen LogP contribution in [0.2, 0.25) is 0 Å². The van der Waals surface area contributed by atoms with Crippen molar-refractivity contribution < 1.29 is 19.4 Å². The summed E-state index contributed by atoms with van der Waals surface area (Å²) < 4.78 is 4.71. The Morgan fingerprint density at radius 3 is 2.71 bits per heavy atom. The SMILES string of the molecule is COC(=O)CC1(CSCc2cccc(N)c2C(=O)O)CC1. The van der Waals surface area contributed by atoms with Crippen molar-refractivity contribution in [2.24, 2.45) is 5.41 Å².